The zero-order valence-electron chi connectivity index (χ0n) is 19.9. The summed E-state index contributed by atoms with van der Waals surface area (Å²) in [6.07, 6.45) is 1.60. The van der Waals surface area contributed by atoms with Crippen molar-refractivity contribution in [3.05, 3.63) is 46.0 Å². The van der Waals surface area contributed by atoms with Crippen LogP contribution in [-0.2, 0) is 42.9 Å². The Labute approximate surface area is 205 Å². The fraction of sp³-hybridized carbons (Fsp3) is 0.435. The number of nitro groups is 1. The summed E-state index contributed by atoms with van der Waals surface area (Å²) in [6.45, 7) is 0. The van der Waals surface area contributed by atoms with Gasteiger partial charge in [0.25, 0.3) is 5.69 Å². The SMILES string of the molecule is COC(=O)C[C@]1(O)[C@@H](C(=O)OC)C(=O)[C@@H](C(=O)OC)[C@H](/C=C/c2ccc([N+](=O)[O-])cc2)[C@H]1C(=O)OC. The van der Waals surface area contributed by atoms with Crippen LogP contribution < -0.4 is 0 Å². The molecule has 0 radical (unpaired) electrons. The van der Waals surface area contributed by atoms with Crippen LogP contribution >= 0.6 is 0 Å². The van der Waals surface area contributed by atoms with Crippen molar-refractivity contribution in [1.82, 2.24) is 0 Å². The number of non-ortho nitro benzene ring substituents is 1. The number of carbonyl (C=O) groups is 5. The summed E-state index contributed by atoms with van der Waals surface area (Å²) in [5.74, 6) is -12.9. The van der Waals surface area contributed by atoms with E-state index in [1.165, 1.54) is 36.4 Å². The number of methoxy groups -OCH3 is 4. The summed E-state index contributed by atoms with van der Waals surface area (Å²) in [5, 5.41) is 22.5. The van der Waals surface area contributed by atoms with E-state index in [9.17, 15) is 39.2 Å². The van der Waals surface area contributed by atoms with Crippen molar-refractivity contribution >= 4 is 41.4 Å². The van der Waals surface area contributed by atoms with Crippen LogP contribution in [0.4, 0.5) is 5.69 Å². The van der Waals surface area contributed by atoms with E-state index in [-0.39, 0.29) is 5.69 Å². The molecule has 13 nitrogen and oxygen atoms in total. The molecular formula is C23H25NO12. The molecule has 0 amide bonds. The second-order valence-electron chi connectivity index (χ2n) is 7.89. The molecule has 1 saturated carbocycles. The van der Waals surface area contributed by atoms with E-state index in [0.29, 0.717) is 5.56 Å². The molecule has 0 heterocycles. The molecule has 0 aliphatic heterocycles. The number of nitro benzene ring substituents is 1. The summed E-state index contributed by atoms with van der Waals surface area (Å²) in [7, 11) is 3.89. The molecule has 13 heteroatoms. The van der Waals surface area contributed by atoms with Gasteiger partial charge >= 0.3 is 23.9 Å². The number of hydrogen-bond donors (Lipinski definition) is 1. The molecule has 36 heavy (non-hydrogen) atoms. The highest BCUT2D eigenvalue weighted by Crippen LogP contribution is 2.47. The van der Waals surface area contributed by atoms with Gasteiger partial charge in [0.1, 0.15) is 17.4 Å². The number of benzene rings is 1. The number of hydrogen-bond acceptors (Lipinski definition) is 12. The Bertz CT molecular complexity index is 1080. The lowest BCUT2D eigenvalue weighted by Gasteiger charge is -2.47. The molecule has 194 valence electrons. The number of Topliss-reactive ketones (excluding diaryl/α,β-unsaturated/α-hetero) is 1. The zero-order chi connectivity index (χ0) is 27.2. The average molecular weight is 507 g/mol. The Balaban J connectivity index is 2.75. The predicted octanol–water partition coefficient (Wildman–Crippen LogP) is 0.469. The number of esters is 4. The van der Waals surface area contributed by atoms with E-state index in [1.807, 2.05) is 0 Å². The third kappa shape index (κ3) is 5.40. The second-order valence-corrected chi connectivity index (χ2v) is 7.89. The first kappa shape index (κ1) is 28.1. The van der Waals surface area contributed by atoms with Gasteiger partial charge in [0.05, 0.1) is 45.7 Å². The number of aliphatic hydroxyl groups is 1. The van der Waals surface area contributed by atoms with Crippen LogP contribution in [-0.4, -0.2) is 73.7 Å². The van der Waals surface area contributed by atoms with Crippen LogP contribution in [0, 0.1) is 33.8 Å². The van der Waals surface area contributed by atoms with E-state index in [2.05, 4.69) is 9.47 Å². The molecule has 0 unspecified atom stereocenters. The van der Waals surface area contributed by atoms with Gasteiger partial charge in [0.15, 0.2) is 5.78 Å². The highest BCUT2D eigenvalue weighted by molar-refractivity contribution is 6.11. The Hall–Kier alpha value is -4.13. The van der Waals surface area contributed by atoms with Crippen molar-refractivity contribution in [1.29, 1.82) is 0 Å². The number of ketones is 1. The molecule has 0 spiro atoms. The molecule has 1 aromatic rings. The minimum absolute atomic E-state index is 0.187. The summed E-state index contributed by atoms with van der Waals surface area (Å²) >= 11 is 0. The van der Waals surface area contributed by atoms with Crippen LogP contribution in [0.25, 0.3) is 6.08 Å². The van der Waals surface area contributed by atoms with Gasteiger partial charge in [-0.3, -0.25) is 34.1 Å². The first-order valence-corrected chi connectivity index (χ1v) is 10.5. The van der Waals surface area contributed by atoms with E-state index in [1.54, 1.807) is 0 Å². The lowest BCUT2D eigenvalue weighted by Crippen LogP contribution is -2.65. The van der Waals surface area contributed by atoms with Crippen LogP contribution in [0.15, 0.2) is 30.3 Å². The number of carbonyl (C=O) groups excluding carboxylic acids is 5. The van der Waals surface area contributed by atoms with Gasteiger partial charge in [-0.2, -0.15) is 0 Å². The number of ether oxygens (including phenoxy) is 4. The highest BCUT2D eigenvalue weighted by Gasteiger charge is 2.66. The Kier molecular flexibility index (Phi) is 9.00. The molecular weight excluding hydrogens is 482 g/mol. The highest BCUT2D eigenvalue weighted by atomic mass is 16.6. The average Bonchev–Trinajstić information content (AvgIpc) is 2.86. The molecule has 1 aliphatic carbocycles. The monoisotopic (exact) mass is 507 g/mol. The van der Waals surface area contributed by atoms with Crippen molar-refractivity contribution in [3.63, 3.8) is 0 Å². The molecule has 0 aromatic heterocycles. The number of rotatable bonds is 8. The Morgan fingerprint density at radius 3 is 2.00 bits per heavy atom. The predicted molar refractivity (Wildman–Crippen MR) is 119 cm³/mol. The summed E-state index contributed by atoms with van der Waals surface area (Å²) in [6, 6.07) is 5.17. The van der Waals surface area contributed by atoms with Crippen LogP contribution in [0.5, 0.6) is 0 Å². The summed E-state index contributed by atoms with van der Waals surface area (Å²) in [4.78, 5) is 74.2. The molecule has 5 atom stereocenters. The maximum Gasteiger partial charge on any atom is 0.319 e. The van der Waals surface area contributed by atoms with Gasteiger partial charge in [-0.05, 0) is 17.7 Å². The maximum atomic E-state index is 13.4. The lowest BCUT2D eigenvalue weighted by molar-refractivity contribution is -0.384. The second kappa shape index (κ2) is 11.5. The largest absolute Gasteiger partial charge is 0.469 e. The van der Waals surface area contributed by atoms with Gasteiger partial charge in [-0.15, -0.1) is 0 Å². The molecule has 0 bridgehead atoms. The Morgan fingerprint density at radius 1 is 0.972 bits per heavy atom. The van der Waals surface area contributed by atoms with Crippen LogP contribution in [0.2, 0.25) is 0 Å². The molecule has 1 aromatic carbocycles. The molecule has 1 N–H and O–H groups in total. The van der Waals surface area contributed by atoms with Gasteiger partial charge in [-0.25, -0.2) is 0 Å². The van der Waals surface area contributed by atoms with Crippen molar-refractivity contribution in [3.8, 4) is 0 Å². The summed E-state index contributed by atoms with van der Waals surface area (Å²) in [5.41, 5.74) is -2.50. The zero-order valence-corrected chi connectivity index (χ0v) is 19.9. The van der Waals surface area contributed by atoms with Crippen molar-refractivity contribution in [2.24, 2.45) is 23.7 Å². The molecule has 1 fully saturated rings. The number of nitrogens with zero attached hydrogens (tertiary/aromatic N) is 1. The normalized spacial score (nSPS) is 25.6. The van der Waals surface area contributed by atoms with E-state index in [0.717, 1.165) is 28.4 Å². The minimum Gasteiger partial charge on any atom is -0.469 e. The van der Waals surface area contributed by atoms with Crippen molar-refractivity contribution in [2.75, 3.05) is 28.4 Å². The standard InChI is InChI=1S/C23H25NO12/c1-33-15(25)11-23(30)17(21(28)35-3)14(10-7-12-5-8-13(9-6-12)24(31)32)16(20(27)34-2)19(26)18(23)22(29)36-4/h5-10,14,16-18,30H,11H2,1-4H3/b10-7+/t14-,16-,17-,18+,23+/m0/s1. The van der Waals surface area contributed by atoms with E-state index >= 15 is 0 Å². The number of allylic oxidation sites excluding steroid dienone is 1. The van der Waals surface area contributed by atoms with Gasteiger partial charge in [0, 0.05) is 18.1 Å². The third-order valence-electron chi connectivity index (χ3n) is 6.02. The fourth-order valence-electron chi connectivity index (χ4n) is 4.31. The van der Waals surface area contributed by atoms with E-state index in [4.69, 9.17) is 9.47 Å². The topological polar surface area (TPSA) is 186 Å². The van der Waals surface area contributed by atoms with Crippen LogP contribution in [0.3, 0.4) is 0 Å². The van der Waals surface area contributed by atoms with Gasteiger partial charge < -0.3 is 24.1 Å². The Morgan fingerprint density at radius 2 is 1.53 bits per heavy atom. The third-order valence-corrected chi connectivity index (χ3v) is 6.02. The lowest BCUT2D eigenvalue weighted by atomic mass is 9.57. The quantitative estimate of drug-likeness (QED) is 0.169. The van der Waals surface area contributed by atoms with Gasteiger partial charge in [0.2, 0.25) is 0 Å². The molecule has 0 saturated heterocycles. The first-order valence-electron chi connectivity index (χ1n) is 10.5. The molecule has 1 aliphatic rings. The first-order chi connectivity index (χ1) is 17.0. The molecule has 2 rings (SSSR count). The van der Waals surface area contributed by atoms with Crippen molar-refractivity contribution < 1.29 is 52.9 Å². The summed E-state index contributed by atoms with van der Waals surface area (Å²) < 4.78 is 18.8. The van der Waals surface area contributed by atoms with Crippen molar-refractivity contribution in [2.45, 2.75) is 12.0 Å². The maximum absolute atomic E-state index is 13.4. The van der Waals surface area contributed by atoms with E-state index < -0.39 is 70.3 Å². The van der Waals surface area contributed by atoms with Crippen LogP contribution in [0.1, 0.15) is 12.0 Å². The minimum atomic E-state index is -2.70. The smallest absolute Gasteiger partial charge is 0.319 e. The van der Waals surface area contributed by atoms with Gasteiger partial charge in [-0.1, -0.05) is 12.2 Å². The fourth-order valence-corrected chi connectivity index (χ4v) is 4.31.